The predicted molar refractivity (Wildman–Crippen MR) is 160 cm³/mol. The molecular weight excluding hydrogens is 604 g/mol. The molecule has 0 radical (unpaired) electrons. The lowest BCUT2D eigenvalue weighted by Crippen LogP contribution is -2.77. The maximum atomic E-state index is 11.8. The second-order valence-electron chi connectivity index (χ2n) is 15.8. The lowest BCUT2D eigenvalue weighted by molar-refractivity contribution is -0.324. The summed E-state index contributed by atoms with van der Waals surface area (Å²) in [4.78, 5) is 0. The van der Waals surface area contributed by atoms with E-state index in [1.807, 2.05) is 0 Å². The zero-order chi connectivity index (χ0) is 33.6. The summed E-state index contributed by atoms with van der Waals surface area (Å²) in [5.74, 6) is -0.193. The Kier molecular flexibility index (Phi) is 9.49. The van der Waals surface area contributed by atoms with Crippen LogP contribution in [0.15, 0.2) is 0 Å². The Morgan fingerprint density at radius 2 is 1.52 bits per heavy atom. The SMILES string of the molecule is COC1(CCCCO[C@@H]2O[C@H](CO)[C@@H](O)[C@H](O)[C@H]2O)OC2CC3C4CCC5(O)C(O)C(O)C(O)C(O)C5(C)C4CCC3(C)C2[C@@H]1C. The number of hydrogen-bond acceptors (Lipinski definition) is 13. The van der Waals surface area contributed by atoms with Crippen LogP contribution in [0, 0.1) is 40.4 Å². The van der Waals surface area contributed by atoms with Crippen LogP contribution in [0.2, 0.25) is 0 Å². The number of methoxy groups -OCH3 is 1. The van der Waals surface area contributed by atoms with Crippen molar-refractivity contribution in [2.24, 2.45) is 40.4 Å². The van der Waals surface area contributed by atoms with Crippen LogP contribution in [-0.4, -0.2) is 139 Å². The quantitative estimate of drug-likeness (QED) is 0.143. The fourth-order valence-electron chi connectivity index (χ4n) is 11.5. The normalized spacial score (nSPS) is 58.2. The zero-order valence-electron chi connectivity index (χ0n) is 27.4. The van der Waals surface area contributed by atoms with E-state index in [4.69, 9.17) is 18.9 Å². The van der Waals surface area contributed by atoms with Gasteiger partial charge in [-0.1, -0.05) is 20.8 Å². The van der Waals surface area contributed by atoms with Crippen LogP contribution < -0.4 is 0 Å². The minimum atomic E-state index is -1.70. The van der Waals surface area contributed by atoms with Gasteiger partial charge in [0.1, 0.15) is 48.3 Å². The minimum Gasteiger partial charge on any atom is -0.394 e. The van der Waals surface area contributed by atoms with Gasteiger partial charge in [0.2, 0.25) is 0 Å². The molecule has 2 heterocycles. The molecule has 266 valence electrons. The maximum absolute atomic E-state index is 11.8. The zero-order valence-corrected chi connectivity index (χ0v) is 27.4. The van der Waals surface area contributed by atoms with E-state index in [0.29, 0.717) is 32.1 Å². The highest BCUT2D eigenvalue weighted by Gasteiger charge is 2.74. The van der Waals surface area contributed by atoms with E-state index < -0.39 is 78.5 Å². The average Bonchev–Trinajstić information content (AvgIpc) is 3.50. The van der Waals surface area contributed by atoms with Crippen LogP contribution in [0.25, 0.3) is 0 Å². The van der Waals surface area contributed by atoms with Crippen molar-refractivity contribution >= 4 is 0 Å². The van der Waals surface area contributed by atoms with Crippen molar-refractivity contribution in [1.29, 1.82) is 0 Å². The molecule has 0 amide bonds. The lowest BCUT2D eigenvalue weighted by Gasteiger charge is -2.67. The summed E-state index contributed by atoms with van der Waals surface area (Å²) < 4.78 is 24.1. The van der Waals surface area contributed by atoms with Crippen LogP contribution in [0.1, 0.15) is 72.1 Å². The van der Waals surface area contributed by atoms with Crippen molar-refractivity contribution in [3.8, 4) is 0 Å². The van der Waals surface area contributed by atoms with Crippen molar-refractivity contribution < 1.29 is 64.9 Å². The van der Waals surface area contributed by atoms with Gasteiger partial charge in [0.25, 0.3) is 0 Å². The van der Waals surface area contributed by atoms with Crippen molar-refractivity contribution in [3.05, 3.63) is 0 Å². The number of fused-ring (bicyclic) bond motifs is 7. The molecule has 6 aliphatic rings. The minimum absolute atomic E-state index is 0.0306. The average molecular weight is 661 g/mol. The van der Waals surface area contributed by atoms with E-state index in [2.05, 4.69) is 13.8 Å². The van der Waals surface area contributed by atoms with Gasteiger partial charge in [-0.25, -0.2) is 0 Å². The highest BCUT2D eigenvalue weighted by atomic mass is 16.7. The molecule has 0 aromatic heterocycles. The summed E-state index contributed by atoms with van der Waals surface area (Å²) in [6.07, 6.45) is -7.44. The third-order valence-electron chi connectivity index (χ3n) is 14.2. The molecule has 46 heavy (non-hydrogen) atoms. The molecule has 13 nitrogen and oxygen atoms in total. The van der Waals surface area contributed by atoms with E-state index in [1.54, 1.807) is 14.0 Å². The summed E-state index contributed by atoms with van der Waals surface area (Å²) in [6.45, 7) is 6.02. The predicted octanol–water partition coefficient (Wildman–Crippen LogP) is -0.992. The summed E-state index contributed by atoms with van der Waals surface area (Å²) in [6, 6.07) is 0. The van der Waals surface area contributed by atoms with Gasteiger partial charge >= 0.3 is 0 Å². The fraction of sp³-hybridized carbons (Fsp3) is 1.00. The molecule has 0 aromatic rings. The summed E-state index contributed by atoms with van der Waals surface area (Å²) in [5.41, 5.74) is -2.94. The molecule has 0 bridgehead atoms. The summed E-state index contributed by atoms with van der Waals surface area (Å²) in [5, 5.41) is 94.8. The van der Waals surface area contributed by atoms with Gasteiger partial charge in [-0.05, 0) is 74.0 Å². The van der Waals surface area contributed by atoms with E-state index in [-0.39, 0.29) is 54.1 Å². The third-order valence-corrected chi connectivity index (χ3v) is 14.2. The molecule has 0 aromatic carbocycles. The molecule has 2 saturated heterocycles. The van der Waals surface area contributed by atoms with Gasteiger partial charge < -0.3 is 64.9 Å². The molecule has 9 N–H and O–H groups in total. The molecule has 19 atom stereocenters. The van der Waals surface area contributed by atoms with E-state index in [9.17, 15) is 46.0 Å². The van der Waals surface area contributed by atoms with Crippen LogP contribution in [0.3, 0.4) is 0 Å². The van der Waals surface area contributed by atoms with Crippen molar-refractivity contribution in [2.75, 3.05) is 20.3 Å². The van der Waals surface area contributed by atoms with Gasteiger partial charge in [-0.3, -0.25) is 0 Å². The first-order valence-electron chi connectivity index (χ1n) is 17.2. The topological polar surface area (TPSA) is 219 Å². The molecule has 6 rings (SSSR count). The number of hydrogen-bond donors (Lipinski definition) is 9. The Morgan fingerprint density at radius 3 is 2.20 bits per heavy atom. The molecule has 6 fully saturated rings. The van der Waals surface area contributed by atoms with Crippen molar-refractivity contribution in [3.63, 3.8) is 0 Å². The van der Waals surface area contributed by atoms with Crippen LogP contribution in [-0.2, 0) is 18.9 Å². The molecule has 2 aliphatic heterocycles. The van der Waals surface area contributed by atoms with E-state index >= 15 is 0 Å². The van der Waals surface area contributed by atoms with Gasteiger partial charge in [0, 0.05) is 31.5 Å². The van der Waals surface area contributed by atoms with Gasteiger partial charge in [-0.2, -0.15) is 0 Å². The number of unbranched alkanes of at least 4 members (excludes halogenated alkanes) is 1. The first-order chi connectivity index (χ1) is 21.6. The molecule has 4 saturated carbocycles. The van der Waals surface area contributed by atoms with Crippen LogP contribution >= 0.6 is 0 Å². The molecule has 13 heteroatoms. The monoisotopic (exact) mass is 660 g/mol. The summed E-state index contributed by atoms with van der Waals surface area (Å²) in [7, 11) is 1.68. The lowest BCUT2D eigenvalue weighted by atomic mass is 9.41. The second kappa shape index (κ2) is 12.4. The van der Waals surface area contributed by atoms with Crippen molar-refractivity contribution in [2.45, 2.75) is 145 Å². The number of aliphatic hydroxyl groups is 9. The fourth-order valence-corrected chi connectivity index (χ4v) is 11.5. The number of ether oxygens (including phenoxy) is 4. The third kappa shape index (κ3) is 4.83. The molecule has 0 spiro atoms. The molecular formula is C33H56O13. The van der Waals surface area contributed by atoms with Crippen LogP contribution in [0.4, 0.5) is 0 Å². The highest BCUT2D eigenvalue weighted by Crippen LogP contribution is 2.71. The van der Waals surface area contributed by atoms with Crippen molar-refractivity contribution in [1.82, 2.24) is 0 Å². The standard InChI is InChI=1S/C33H56O13/c1-15-21-19(46-33(15,43-4)9-5-6-12-44-29-26(39)23(36)22(35)20(14-34)45-29)13-18-16-7-11-32(42)28(41)25(38)24(37)27(40)31(32,3)17(16)8-10-30(18,21)2/h15-29,34-42H,5-14H2,1-4H3/t15-,16?,17?,18?,19?,20+,21?,22+,23-,24?,25?,26+,27?,28?,29+,30?,31?,32?,33?/m0/s1. The molecule has 13 unspecified atom stereocenters. The smallest absolute Gasteiger partial charge is 0.186 e. The first kappa shape index (κ1) is 35.3. The second-order valence-corrected chi connectivity index (χ2v) is 15.8. The van der Waals surface area contributed by atoms with Gasteiger partial charge in [0.15, 0.2) is 12.1 Å². The Morgan fingerprint density at radius 1 is 0.826 bits per heavy atom. The number of aliphatic hydroxyl groups excluding tert-OH is 8. The van der Waals surface area contributed by atoms with Gasteiger partial charge in [0.05, 0.1) is 18.8 Å². The Balaban J connectivity index is 1.10. The molecule has 4 aliphatic carbocycles. The Hall–Kier alpha value is -0.520. The Labute approximate surface area is 270 Å². The summed E-state index contributed by atoms with van der Waals surface area (Å²) >= 11 is 0. The van der Waals surface area contributed by atoms with Gasteiger partial charge in [-0.15, -0.1) is 0 Å². The Bertz CT molecular complexity index is 1100. The van der Waals surface area contributed by atoms with E-state index in [1.165, 1.54) is 0 Å². The first-order valence-corrected chi connectivity index (χ1v) is 17.2. The van der Waals surface area contributed by atoms with Crippen LogP contribution in [0.5, 0.6) is 0 Å². The van der Waals surface area contributed by atoms with E-state index in [0.717, 1.165) is 12.8 Å². The maximum Gasteiger partial charge on any atom is 0.186 e. The highest BCUT2D eigenvalue weighted by molar-refractivity contribution is 5.22. The number of rotatable bonds is 8. The largest absolute Gasteiger partial charge is 0.394 e.